The molecular weight excluding hydrogens is 352 g/mol. The van der Waals surface area contributed by atoms with E-state index in [4.69, 9.17) is 9.72 Å². The second kappa shape index (κ2) is 6.30. The Morgan fingerprint density at radius 3 is 2.70 bits per heavy atom. The third-order valence-corrected chi connectivity index (χ3v) is 4.74. The van der Waals surface area contributed by atoms with E-state index in [0.29, 0.717) is 0 Å². The molecule has 0 amide bonds. The molecule has 1 aliphatic rings. The molecule has 0 aliphatic carbocycles. The minimum Gasteiger partial charge on any atom is -0.370 e. The number of para-hydroxylation sites is 1. The van der Waals surface area contributed by atoms with E-state index in [0.717, 1.165) is 35.5 Å². The SMILES string of the molecule is Brc1ccc(C2CN(c3ccc4ccccc4n3)CCO2)cc1. The summed E-state index contributed by atoms with van der Waals surface area (Å²) in [6, 6.07) is 20.8. The number of pyridine rings is 1. The highest BCUT2D eigenvalue weighted by Gasteiger charge is 2.23. The molecule has 2 heterocycles. The van der Waals surface area contributed by atoms with E-state index >= 15 is 0 Å². The number of anilines is 1. The molecular formula is C19H17BrN2O. The molecule has 1 fully saturated rings. The van der Waals surface area contributed by atoms with Gasteiger partial charge < -0.3 is 9.64 Å². The van der Waals surface area contributed by atoms with Crippen LogP contribution in [0.4, 0.5) is 5.82 Å². The van der Waals surface area contributed by atoms with Gasteiger partial charge in [0.05, 0.1) is 12.1 Å². The topological polar surface area (TPSA) is 25.4 Å². The Hall–Kier alpha value is -1.91. The molecule has 2 aromatic carbocycles. The van der Waals surface area contributed by atoms with E-state index in [1.807, 2.05) is 12.1 Å². The van der Waals surface area contributed by atoms with Crippen molar-refractivity contribution in [3.63, 3.8) is 0 Å². The van der Waals surface area contributed by atoms with Crippen LogP contribution in [0.25, 0.3) is 10.9 Å². The predicted octanol–water partition coefficient (Wildman–Crippen LogP) is 4.58. The van der Waals surface area contributed by atoms with Crippen LogP contribution in [-0.2, 0) is 4.74 Å². The lowest BCUT2D eigenvalue weighted by molar-refractivity contribution is 0.0395. The molecule has 0 spiro atoms. The zero-order chi connectivity index (χ0) is 15.6. The van der Waals surface area contributed by atoms with Crippen LogP contribution in [0.15, 0.2) is 65.1 Å². The van der Waals surface area contributed by atoms with E-state index < -0.39 is 0 Å². The maximum atomic E-state index is 5.96. The zero-order valence-electron chi connectivity index (χ0n) is 12.7. The molecule has 0 N–H and O–H groups in total. The molecule has 1 saturated heterocycles. The molecule has 0 radical (unpaired) electrons. The molecule has 0 bridgehead atoms. The highest BCUT2D eigenvalue weighted by atomic mass is 79.9. The van der Waals surface area contributed by atoms with Crippen LogP contribution in [0, 0.1) is 0 Å². The zero-order valence-corrected chi connectivity index (χ0v) is 14.2. The van der Waals surface area contributed by atoms with Crippen LogP contribution < -0.4 is 4.90 Å². The number of hydrogen-bond donors (Lipinski definition) is 0. The molecule has 1 aliphatic heterocycles. The number of ether oxygens (including phenoxy) is 1. The molecule has 4 heteroatoms. The summed E-state index contributed by atoms with van der Waals surface area (Å²) in [5, 5.41) is 1.17. The van der Waals surface area contributed by atoms with Crippen molar-refractivity contribution in [1.29, 1.82) is 0 Å². The van der Waals surface area contributed by atoms with Gasteiger partial charge in [0.1, 0.15) is 11.9 Å². The number of morpholine rings is 1. The minimum atomic E-state index is 0.0881. The highest BCUT2D eigenvalue weighted by Crippen LogP contribution is 2.27. The van der Waals surface area contributed by atoms with Crippen molar-refractivity contribution >= 4 is 32.7 Å². The van der Waals surface area contributed by atoms with Gasteiger partial charge >= 0.3 is 0 Å². The minimum absolute atomic E-state index is 0.0881. The second-order valence-electron chi connectivity index (χ2n) is 5.72. The molecule has 3 aromatic rings. The third-order valence-electron chi connectivity index (χ3n) is 4.22. The highest BCUT2D eigenvalue weighted by molar-refractivity contribution is 9.10. The first-order chi connectivity index (χ1) is 11.3. The van der Waals surface area contributed by atoms with Gasteiger partial charge in [-0.1, -0.05) is 46.3 Å². The van der Waals surface area contributed by atoms with Crippen LogP contribution in [-0.4, -0.2) is 24.7 Å². The van der Waals surface area contributed by atoms with Gasteiger partial charge in [0.25, 0.3) is 0 Å². The fraction of sp³-hybridized carbons (Fsp3) is 0.211. The van der Waals surface area contributed by atoms with Crippen LogP contribution in [0.3, 0.4) is 0 Å². The van der Waals surface area contributed by atoms with Crippen molar-refractivity contribution in [1.82, 2.24) is 4.98 Å². The number of hydrogen-bond acceptors (Lipinski definition) is 3. The van der Waals surface area contributed by atoms with Gasteiger partial charge in [-0.2, -0.15) is 0 Å². The van der Waals surface area contributed by atoms with E-state index in [-0.39, 0.29) is 6.10 Å². The van der Waals surface area contributed by atoms with Crippen LogP contribution in [0.1, 0.15) is 11.7 Å². The van der Waals surface area contributed by atoms with E-state index in [1.54, 1.807) is 0 Å². The molecule has 0 saturated carbocycles. The van der Waals surface area contributed by atoms with Crippen molar-refractivity contribution in [2.45, 2.75) is 6.10 Å². The monoisotopic (exact) mass is 368 g/mol. The van der Waals surface area contributed by atoms with Gasteiger partial charge in [0.2, 0.25) is 0 Å². The van der Waals surface area contributed by atoms with Crippen molar-refractivity contribution < 1.29 is 4.74 Å². The molecule has 116 valence electrons. The number of rotatable bonds is 2. The van der Waals surface area contributed by atoms with Crippen molar-refractivity contribution in [3.8, 4) is 0 Å². The van der Waals surface area contributed by atoms with Crippen LogP contribution >= 0.6 is 15.9 Å². The van der Waals surface area contributed by atoms with E-state index in [2.05, 4.69) is 69.4 Å². The molecule has 1 unspecified atom stereocenters. The first-order valence-electron chi connectivity index (χ1n) is 7.77. The fourth-order valence-electron chi connectivity index (χ4n) is 2.97. The van der Waals surface area contributed by atoms with Gasteiger partial charge in [-0.15, -0.1) is 0 Å². The summed E-state index contributed by atoms with van der Waals surface area (Å²) in [5.74, 6) is 1.02. The first-order valence-corrected chi connectivity index (χ1v) is 8.57. The number of fused-ring (bicyclic) bond motifs is 1. The first kappa shape index (κ1) is 14.7. The molecule has 3 nitrogen and oxygen atoms in total. The third kappa shape index (κ3) is 3.09. The van der Waals surface area contributed by atoms with Gasteiger partial charge in [-0.25, -0.2) is 4.98 Å². The standard InChI is InChI=1S/C19H17BrN2O/c20-16-8-5-15(6-9-16)18-13-22(11-12-23-18)19-10-7-14-3-1-2-4-17(14)21-19/h1-10,18H,11-13H2. The van der Waals surface area contributed by atoms with E-state index in [9.17, 15) is 0 Å². The Bertz CT molecular complexity index is 819. The molecule has 1 aromatic heterocycles. The Balaban J connectivity index is 1.59. The normalized spacial score (nSPS) is 18.3. The molecule has 23 heavy (non-hydrogen) atoms. The average Bonchev–Trinajstić information content (AvgIpc) is 2.62. The average molecular weight is 369 g/mol. The Morgan fingerprint density at radius 1 is 1.00 bits per heavy atom. The van der Waals surface area contributed by atoms with E-state index in [1.165, 1.54) is 10.9 Å². The summed E-state index contributed by atoms with van der Waals surface area (Å²) in [6.45, 7) is 2.42. The summed E-state index contributed by atoms with van der Waals surface area (Å²) < 4.78 is 7.05. The number of benzene rings is 2. The van der Waals surface area contributed by atoms with Crippen molar-refractivity contribution in [2.24, 2.45) is 0 Å². The summed E-state index contributed by atoms with van der Waals surface area (Å²) in [5.41, 5.74) is 2.25. The largest absolute Gasteiger partial charge is 0.370 e. The lowest BCUT2D eigenvalue weighted by atomic mass is 10.1. The lowest BCUT2D eigenvalue weighted by Crippen LogP contribution is -2.38. The smallest absolute Gasteiger partial charge is 0.129 e. The van der Waals surface area contributed by atoms with Crippen LogP contribution in [0.2, 0.25) is 0 Å². The Labute approximate surface area is 144 Å². The predicted molar refractivity (Wildman–Crippen MR) is 96.8 cm³/mol. The summed E-state index contributed by atoms with van der Waals surface area (Å²) >= 11 is 3.48. The summed E-state index contributed by atoms with van der Waals surface area (Å²) in [6.07, 6.45) is 0.0881. The van der Waals surface area contributed by atoms with Crippen LogP contribution in [0.5, 0.6) is 0 Å². The summed E-state index contributed by atoms with van der Waals surface area (Å²) in [4.78, 5) is 7.11. The molecule has 4 rings (SSSR count). The van der Waals surface area contributed by atoms with Gasteiger partial charge in [-0.3, -0.25) is 0 Å². The maximum Gasteiger partial charge on any atom is 0.129 e. The number of aromatic nitrogens is 1. The maximum absolute atomic E-state index is 5.96. The molecule has 1 atom stereocenters. The number of nitrogens with zero attached hydrogens (tertiary/aromatic N) is 2. The number of halogens is 1. The summed E-state index contributed by atoms with van der Waals surface area (Å²) in [7, 11) is 0. The van der Waals surface area contributed by atoms with Crippen molar-refractivity contribution in [3.05, 3.63) is 70.7 Å². The fourth-order valence-corrected chi connectivity index (χ4v) is 3.23. The van der Waals surface area contributed by atoms with Gasteiger partial charge in [0.15, 0.2) is 0 Å². The van der Waals surface area contributed by atoms with Crippen molar-refractivity contribution in [2.75, 3.05) is 24.6 Å². The Morgan fingerprint density at radius 2 is 1.83 bits per heavy atom. The van der Waals surface area contributed by atoms with Gasteiger partial charge in [-0.05, 0) is 35.9 Å². The Kier molecular flexibility index (Phi) is 4.02. The quantitative estimate of drug-likeness (QED) is 0.662. The second-order valence-corrected chi connectivity index (χ2v) is 6.63. The van der Waals surface area contributed by atoms with Gasteiger partial charge in [0, 0.05) is 22.9 Å². The lowest BCUT2D eigenvalue weighted by Gasteiger charge is -2.34.